The molecule has 0 aromatic heterocycles. The predicted octanol–water partition coefficient (Wildman–Crippen LogP) is 1.000. The van der Waals surface area contributed by atoms with Gasteiger partial charge in [-0.25, -0.2) is 8.42 Å². The van der Waals surface area contributed by atoms with Crippen molar-refractivity contribution in [1.29, 1.82) is 0 Å². The Labute approximate surface area is 100 Å². The molecule has 1 heterocycles. The summed E-state index contributed by atoms with van der Waals surface area (Å²) in [6.07, 6.45) is 1.62. The second kappa shape index (κ2) is 4.29. The van der Waals surface area contributed by atoms with Gasteiger partial charge in [-0.05, 0) is 12.1 Å². The molecule has 1 aliphatic rings. The van der Waals surface area contributed by atoms with Crippen molar-refractivity contribution in [2.24, 2.45) is 0 Å². The average Bonchev–Trinajstić information content (AvgIpc) is 2.61. The lowest BCUT2D eigenvalue weighted by Gasteiger charge is -2.15. The van der Waals surface area contributed by atoms with Crippen molar-refractivity contribution in [3.05, 3.63) is 29.7 Å². The van der Waals surface area contributed by atoms with Crippen molar-refractivity contribution in [3.63, 3.8) is 0 Å². The minimum atomic E-state index is -3.06. The second-order valence-corrected chi connectivity index (χ2v) is 5.76. The van der Waals surface area contributed by atoms with E-state index in [1.807, 2.05) is 0 Å². The SMILES string of the molecule is COc1cccc(NC2C=CS(=O)(=O)C2)c1N. The van der Waals surface area contributed by atoms with Crippen LogP contribution in [0.1, 0.15) is 0 Å². The number of nitrogens with two attached hydrogens (primary N) is 1. The number of hydrogen-bond acceptors (Lipinski definition) is 5. The Bertz CT molecular complexity index is 552. The van der Waals surface area contributed by atoms with E-state index in [0.717, 1.165) is 0 Å². The first-order chi connectivity index (χ1) is 8.02. The number of sulfone groups is 1. The Kier molecular flexibility index (Phi) is 2.97. The number of para-hydroxylation sites is 1. The van der Waals surface area contributed by atoms with Gasteiger partial charge in [0.15, 0.2) is 9.84 Å². The summed E-state index contributed by atoms with van der Waals surface area (Å²) in [4.78, 5) is 0. The van der Waals surface area contributed by atoms with Crippen LogP contribution in [0.15, 0.2) is 29.7 Å². The fraction of sp³-hybridized carbons (Fsp3) is 0.273. The van der Waals surface area contributed by atoms with Gasteiger partial charge in [0, 0.05) is 5.41 Å². The highest BCUT2D eigenvalue weighted by Crippen LogP contribution is 2.30. The van der Waals surface area contributed by atoms with Gasteiger partial charge in [-0.1, -0.05) is 12.1 Å². The maximum absolute atomic E-state index is 11.3. The lowest BCUT2D eigenvalue weighted by Crippen LogP contribution is -2.21. The summed E-state index contributed by atoms with van der Waals surface area (Å²) in [5.41, 5.74) is 7.03. The molecule has 1 aromatic carbocycles. The summed E-state index contributed by atoms with van der Waals surface area (Å²) >= 11 is 0. The predicted molar refractivity (Wildman–Crippen MR) is 67.7 cm³/mol. The number of hydrogen-bond donors (Lipinski definition) is 2. The summed E-state index contributed by atoms with van der Waals surface area (Å²) in [5.74, 6) is 0.628. The molecule has 0 fully saturated rings. The van der Waals surface area contributed by atoms with Gasteiger partial charge in [0.25, 0.3) is 0 Å². The highest BCUT2D eigenvalue weighted by molar-refractivity contribution is 7.94. The summed E-state index contributed by atoms with van der Waals surface area (Å²) < 4.78 is 27.6. The van der Waals surface area contributed by atoms with Gasteiger partial charge >= 0.3 is 0 Å². The molecule has 1 aliphatic heterocycles. The van der Waals surface area contributed by atoms with E-state index in [1.54, 1.807) is 24.3 Å². The van der Waals surface area contributed by atoms with Gasteiger partial charge in [-0.3, -0.25) is 0 Å². The molecule has 0 spiro atoms. The number of rotatable bonds is 3. The van der Waals surface area contributed by atoms with Crippen LogP contribution in [0.3, 0.4) is 0 Å². The molecule has 0 amide bonds. The highest BCUT2D eigenvalue weighted by Gasteiger charge is 2.22. The molecule has 0 saturated heterocycles. The zero-order valence-corrected chi connectivity index (χ0v) is 10.2. The zero-order chi connectivity index (χ0) is 12.5. The normalized spacial score (nSPS) is 21.4. The first kappa shape index (κ1) is 11.8. The lowest BCUT2D eigenvalue weighted by molar-refractivity contribution is 0.417. The van der Waals surface area contributed by atoms with Crippen LogP contribution in [0.4, 0.5) is 11.4 Å². The Morgan fingerprint density at radius 3 is 2.82 bits per heavy atom. The fourth-order valence-electron chi connectivity index (χ4n) is 1.71. The molecule has 3 N–H and O–H groups in total. The van der Waals surface area contributed by atoms with Crippen LogP contribution in [0.5, 0.6) is 5.75 Å². The molecule has 0 aliphatic carbocycles. The minimum Gasteiger partial charge on any atom is -0.495 e. The van der Waals surface area contributed by atoms with E-state index in [0.29, 0.717) is 17.1 Å². The zero-order valence-electron chi connectivity index (χ0n) is 9.38. The van der Waals surface area contributed by atoms with Crippen molar-refractivity contribution in [2.75, 3.05) is 23.9 Å². The van der Waals surface area contributed by atoms with E-state index in [4.69, 9.17) is 10.5 Å². The molecule has 1 atom stereocenters. The van der Waals surface area contributed by atoms with E-state index in [9.17, 15) is 8.42 Å². The average molecular weight is 254 g/mol. The molecule has 5 nitrogen and oxygen atoms in total. The van der Waals surface area contributed by atoms with E-state index >= 15 is 0 Å². The van der Waals surface area contributed by atoms with Crippen molar-refractivity contribution < 1.29 is 13.2 Å². The van der Waals surface area contributed by atoms with Gasteiger partial charge in [0.05, 0.1) is 30.3 Å². The number of nitrogen functional groups attached to an aromatic ring is 1. The largest absolute Gasteiger partial charge is 0.495 e. The number of benzene rings is 1. The molecule has 0 radical (unpaired) electrons. The Hall–Kier alpha value is -1.69. The van der Waals surface area contributed by atoms with Crippen molar-refractivity contribution in [1.82, 2.24) is 0 Å². The van der Waals surface area contributed by atoms with Gasteiger partial charge in [0.1, 0.15) is 5.75 Å². The molecule has 6 heteroatoms. The van der Waals surface area contributed by atoms with Gasteiger partial charge in [0.2, 0.25) is 0 Å². The third-order valence-electron chi connectivity index (χ3n) is 2.56. The van der Waals surface area contributed by atoms with Crippen LogP contribution in [0, 0.1) is 0 Å². The third kappa shape index (κ3) is 2.52. The number of methoxy groups -OCH3 is 1. The lowest BCUT2D eigenvalue weighted by atomic mass is 10.2. The Morgan fingerprint density at radius 2 is 2.24 bits per heavy atom. The summed E-state index contributed by atoms with van der Waals surface area (Å²) in [6, 6.07) is 5.10. The monoisotopic (exact) mass is 254 g/mol. The molecular formula is C11H14N2O3S. The van der Waals surface area contributed by atoms with Gasteiger partial charge in [-0.2, -0.15) is 0 Å². The smallest absolute Gasteiger partial charge is 0.173 e. The van der Waals surface area contributed by atoms with Crippen LogP contribution < -0.4 is 15.8 Å². The fourth-order valence-corrected chi connectivity index (χ4v) is 2.95. The number of ether oxygens (including phenoxy) is 1. The summed E-state index contributed by atoms with van der Waals surface area (Å²) in [6.45, 7) is 0. The van der Waals surface area contributed by atoms with Crippen molar-refractivity contribution in [3.8, 4) is 5.75 Å². The topological polar surface area (TPSA) is 81.4 Å². The quantitative estimate of drug-likeness (QED) is 0.786. The minimum absolute atomic E-state index is 0.0592. The van der Waals surface area contributed by atoms with Crippen LogP contribution in [-0.4, -0.2) is 27.3 Å². The van der Waals surface area contributed by atoms with Gasteiger partial charge in [-0.15, -0.1) is 0 Å². The van der Waals surface area contributed by atoms with E-state index in [1.165, 1.54) is 12.5 Å². The summed E-state index contributed by atoms with van der Waals surface area (Å²) in [7, 11) is -1.52. The maximum Gasteiger partial charge on any atom is 0.173 e. The van der Waals surface area contributed by atoms with Gasteiger partial charge < -0.3 is 15.8 Å². The molecule has 0 bridgehead atoms. The van der Waals surface area contributed by atoms with Crippen LogP contribution in [0.2, 0.25) is 0 Å². The van der Waals surface area contributed by atoms with Crippen molar-refractivity contribution in [2.45, 2.75) is 6.04 Å². The van der Waals surface area contributed by atoms with E-state index < -0.39 is 9.84 Å². The maximum atomic E-state index is 11.3. The highest BCUT2D eigenvalue weighted by atomic mass is 32.2. The van der Waals surface area contributed by atoms with E-state index in [2.05, 4.69) is 5.32 Å². The number of anilines is 2. The molecule has 1 unspecified atom stereocenters. The number of nitrogens with one attached hydrogen (secondary N) is 1. The van der Waals surface area contributed by atoms with Crippen LogP contribution in [-0.2, 0) is 9.84 Å². The summed E-state index contributed by atoms with van der Waals surface area (Å²) in [5, 5.41) is 4.29. The molecule has 0 saturated carbocycles. The van der Waals surface area contributed by atoms with Crippen molar-refractivity contribution >= 4 is 21.2 Å². The molecule has 1 aromatic rings. The van der Waals surface area contributed by atoms with Crippen LogP contribution >= 0.6 is 0 Å². The molecular weight excluding hydrogens is 240 g/mol. The standard InChI is InChI=1S/C11H14N2O3S/c1-16-10-4-2-3-9(11(10)12)13-8-5-6-17(14,15)7-8/h2-6,8,13H,7,12H2,1H3. The van der Waals surface area contributed by atoms with E-state index in [-0.39, 0.29) is 11.8 Å². The Morgan fingerprint density at radius 1 is 1.47 bits per heavy atom. The first-order valence-electron chi connectivity index (χ1n) is 5.12. The molecule has 2 rings (SSSR count). The Balaban J connectivity index is 2.18. The molecule has 17 heavy (non-hydrogen) atoms. The second-order valence-electron chi connectivity index (χ2n) is 3.83. The van der Waals surface area contributed by atoms with Crippen LogP contribution in [0.25, 0.3) is 0 Å². The third-order valence-corrected chi connectivity index (χ3v) is 3.95. The molecule has 92 valence electrons. The first-order valence-corrected chi connectivity index (χ1v) is 6.83.